The average molecular weight is 396 g/mol. The van der Waals surface area contributed by atoms with E-state index in [1.807, 2.05) is 30.9 Å². The third-order valence-corrected chi connectivity index (χ3v) is 4.85. The molecule has 29 heavy (non-hydrogen) atoms. The molecule has 0 saturated carbocycles. The zero-order valence-corrected chi connectivity index (χ0v) is 16.5. The van der Waals surface area contributed by atoms with Crippen molar-refractivity contribution in [1.82, 2.24) is 10.3 Å². The number of esters is 1. The predicted molar refractivity (Wildman–Crippen MR) is 109 cm³/mol. The van der Waals surface area contributed by atoms with E-state index in [-0.39, 0.29) is 0 Å². The lowest BCUT2D eigenvalue weighted by Gasteiger charge is -2.18. The summed E-state index contributed by atoms with van der Waals surface area (Å²) >= 11 is 0. The standard InChI is InChI=1S/C21H24N4O4/c1-14-7-5-9-17(15(14)2)23-21(28)24-18(26)13-29-20(27)16-8-6-10-22-19(16)25-11-3-4-12-25/h5-10H,3-4,11-13H2,1-2H3,(H2,23,24,26,28). The number of rotatable bonds is 5. The average Bonchev–Trinajstić information content (AvgIpc) is 3.24. The Morgan fingerprint density at radius 2 is 1.86 bits per heavy atom. The molecule has 8 nitrogen and oxygen atoms in total. The number of imide groups is 1. The van der Waals surface area contributed by atoms with Crippen molar-refractivity contribution >= 4 is 29.4 Å². The second-order valence-electron chi connectivity index (χ2n) is 6.89. The number of anilines is 2. The van der Waals surface area contributed by atoms with Gasteiger partial charge in [-0.2, -0.15) is 0 Å². The van der Waals surface area contributed by atoms with Crippen molar-refractivity contribution in [2.45, 2.75) is 26.7 Å². The number of aryl methyl sites for hydroxylation is 1. The van der Waals surface area contributed by atoms with Crippen molar-refractivity contribution in [3.05, 3.63) is 53.2 Å². The summed E-state index contributed by atoms with van der Waals surface area (Å²) in [5.74, 6) is -0.805. The Morgan fingerprint density at radius 1 is 1.10 bits per heavy atom. The number of amides is 3. The summed E-state index contributed by atoms with van der Waals surface area (Å²) in [4.78, 5) is 42.7. The summed E-state index contributed by atoms with van der Waals surface area (Å²) in [6.07, 6.45) is 3.71. The van der Waals surface area contributed by atoms with Gasteiger partial charge in [0.05, 0.1) is 0 Å². The zero-order chi connectivity index (χ0) is 20.8. The van der Waals surface area contributed by atoms with Crippen LogP contribution in [0.5, 0.6) is 0 Å². The number of carbonyl (C=O) groups is 3. The Hall–Kier alpha value is -3.42. The lowest BCUT2D eigenvalue weighted by Crippen LogP contribution is -2.37. The summed E-state index contributed by atoms with van der Waals surface area (Å²) in [6, 6.07) is 8.07. The predicted octanol–water partition coefficient (Wildman–Crippen LogP) is 2.80. The normalized spacial score (nSPS) is 13.1. The fourth-order valence-corrected chi connectivity index (χ4v) is 3.15. The number of aromatic nitrogens is 1. The van der Waals surface area contributed by atoms with Gasteiger partial charge in [-0.1, -0.05) is 12.1 Å². The van der Waals surface area contributed by atoms with Gasteiger partial charge in [0, 0.05) is 25.0 Å². The molecule has 3 rings (SSSR count). The number of benzene rings is 1. The molecule has 0 bridgehead atoms. The largest absolute Gasteiger partial charge is 0.452 e. The number of ether oxygens (including phenoxy) is 1. The van der Waals surface area contributed by atoms with Crippen molar-refractivity contribution in [2.24, 2.45) is 0 Å². The monoisotopic (exact) mass is 396 g/mol. The highest BCUT2D eigenvalue weighted by atomic mass is 16.5. The molecule has 0 unspecified atom stereocenters. The topological polar surface area (TPSA) is 101 Å². The van der Waals surface area contributed by atoms with Gasteiger partial charge in [-0.3, -0.25) is 10.1 Å². The number of hydrogen-bond donors (Lipinski definition) is 2. The van der Waals surface area contributed by atoms with Crippen molar-refractivity contribution < 1.29 is 19.1 Å². The molecule has 1 aliphatic heterocycles. The van der Waals surface area contributed by atoms with Gasteiger partial charge in [0.1, 0.15) is 11.4 Å². The van der Waals surface area contributed by atoms with Gasteiger partial charge in [0.2, 0.25) is 0 Å². The molecule has 0 spiro atoms. The van der Waals surface area contributed by atoms with Crippen LogP contribution in [0.2, 0.25) is 0 Å². The van der Waals surface area contributed by atoms with Crippen LogP contribution in [0, 0.1) is 13.8 Å². The molecular weight excluding hydrogens is 372 g/mol. The minimum absolute atomic E-state index is 0.307. The SMILES string of the molecule is Cc1cccc(NC(=O)NC(=O)COC(=O)c2cccnc2N2CCCC2)c1C. The molecule has 8 heteroatoms. The minimum Gasteiger partial charge on any atom is -0.452 e. The first-order valence-electron chi connectivity index (χ1n) is 9.50. The summed E-state index contributed by atoms with van der Waals surface area (Å²) < 4.78 is 5.09. The third-order valence-electron chi connectivity index (χ3n) is 4.85. The highest BCUT2D eigenvalue weighted by Crippen LogP contribution is 2.22. The van der Waals surface area contributed by atoms with E-state index in [9.17, 15) is 14.4 Å². The highest BCUT2D eigenvalue weighted by molar-refractivity contribution is 6.03. The van der Waals surface area contributed by atoms with Gasteiger partial charge in [0.15, 0.2) is 6.61 Å². The van der Waals surface area contributed by atoms with Crippen LogP contribution in [0.3, 0.4) is 0 Å². The van der Waals surface area contributed by atoms with Crippen molar-refractivity contribution in [3.63, 3.8) is 0 Å². The Balaban J connectivity index is 1.53. The number of hydrogen-bond acceptors (Lipinski definition) is 6. The Kier molecular flexibility index (Phi) is 6.43. The molecule has 2 N–H and O–H groups in total. The van der Waals surface area contributed by atoms with E-state index in [0.29, 0.717) is 17.1 Å². The molecule has 1 aromatic heterocycles. The van der Waals surface area contributed by atoms with Crippen LogP contribution in [0.15, 0.2) is 36.5 Å². The Labute approximate surface area is 169 Å². The van der Waals surface area contributed by atoms with E-state index in [4.69, 9.17) is 4.74 Å². The van der Waals surface area contributed by atoms with E-state index >= 15 is 0 Å². The quantitative estimate of drug-likeness (QED) is 0.754. The molecule has 0 aliphatic carbocycles. The summed E-state index contributed by atoms with van der Waals surface area (Å²) in [7, 11) is 0. The molecule has 152 valence electrons. The molecule has 1 fully saturated rings. The first kappa shape index (κ1) is 20.3. The molecule has 3 amide bonds. The molecule has 0 atom stereocenters. The van der Waals surface area contributed by atoms with Crippen molar-refractivity contribution in [3.8, 4) is 0 Å². The van der Waals surface area contributed by atoms with E-state index in [1.54, 1.807) is 24.4 Å². The van der Waals surface area contributed by atoms with E-state index in [1.165, 1.54) is 0 Å². The van der Waals surface area contributed by atoms with Crippen LogP contribution in [0.1, 0.15) is 34.3 Å². The smallest absolute Gasteiger partial charge is 0.342 e. The molecule has 2 heterocycles. The first-order valence-corrected chi connectivity index (χ1v) is 9.50. The van der Waals surface area contributed by atoms with Crippen LogP contribution in [0.4, 0.5) is 16.3 Å². The lowest BCUT2D eigenvalue weighted by molar-refractivity contribution is -0.123. The van der Waals surface area contributed by atoms with E-state index in [2.05, 4.69) is 15.6 Å². The summed E-state index contributed by atoms with van der Waals surface area (Å²) in [5, 5.41) is 4.78. The van der Waals surface area contributed by atoms with Gasteiger partial charge in [-0.25, -0.2) is 14.6 Å². The van der Waals surface area contributed by atoms with Gasteiger partial charge < -0.3 is 15.0 Å². The maximum atomic E-state index is 12.4. The molecule has 1 aromatic carbocycles. The third kappa shape index (κ3) is 5.10. The number of urea groups is 1. The minimum atomic E-state index is -0.715. The van der Waals surface area contributed by atoms with Crippen LogP contribution in [-0.2, 0) is 9.53 Å². The van der Waals surface area contributed by atoms with E-state index in [0.717, 1.165) is 37.1 Å². The molecule has 2 aromatic rings. The molecule has 1 saturated heterocycles. The lowest BCUT2D eigenvalue weighted by atomic mass is 10.1. The van der Waals surface area contributed by atoms with Gasteiger partial charge in [-0.15, -0.1) is 0 Å². The fourth-order valence-electron chi connectivity index (χ4n) is 3.15. The molecular formula is C21H24N4O4. The van der Waals surface area contributed by atoms with Crippen LogP contribution >= 0.6 is 0 Å². The second kappa shape index (κ2) is 9.18. The summed E-state index contributed by atoms with van der Waals surface area (Å²) in [5.41, 5.74) is 2.85. The van der Waals surface area contributed by atoms with Gasteiger partial charge in [0.25, 0.3) is 5.91 Å². The van der Waals surface area contributed by atoms with Crippen LogP contribution in [0.25, 0.3) is 0 Å². The van der Waals surface area contributed by atoms with Crippen molar-refractivity contribution in [2.75, 3.05) is 29.9 Å². The van der Waals surface area contributed by atoms with Crippen LogP contribution in [-0.4, -0.2) is 42.6 Å². The van der Waals surface area contributed by atoms with Gasteiger partial charge >= 0.3 is 12.0 Å². The second-order valence-corrected chi connectivity index (χ2v) is 6.89. The van der Waals surface area contributed by atoms with Crippen molar-refractivity contribution in [1.29, 1.82) is 0 Å². The number of nitrogens with one attached hydrogen (secondary N) is 2. The number of pyridine rings is 1. The Morgan fingerprint density at radius 3 is 2.62 bits per heavy atom. The zero-order valence-electron chi connectivity index (χ0n) is 16.5. The Bertz CT molecular complexity index is 923. The maximum absolute atomic E-state index is 12.4. The fraction of sp³-hybridized carbons (Fsp3) is 0.333. The number of nitrogens with zero attached hydrogens (tertiary/aromatic N) is 2. The highest BCUT2D eigenvalue weighted by Gasteiger charge is 2.22. The maximum Gasteiger partial charge on any atom is 0.342 e. The van der Waals surface area contributed by atoms with Gasteiger partial charge in [-0.05, 0) is 56.0 Å². The number of carbonyl (C=O) groups excluding carboxylic acids is 3. The van der Waals surface area contributed by atoms with E-state index < -0.39 is 24.5 Å². The first-order chi connectivity index (χ1) is 14.0. The van der Waals surface area contributed by atoms with Crippen LogP contribution < -0.4 is 15.5 Å². The summed E-state index contributed by atoms with van der Waals surface area (Å²) in [6.45, 7) is 4.90. The molecule has 0 radical (unpaired) electrons. The molecule has 1 aliphatic rings.